The lowest BCUT2D eigenvalue weighted by Crippen LogP contribution is -2.26. The fourth-order valence-corrected chi connectivity index (χ4v) is 2.30. The monoisotopic (exact) mass is 190 g/mol. The van der Waals surface area contributed by atoms with Gasteiger partial charge in [-0.2, -0.15) is 0 Å². The van der Waals surface area contributed by atoms with Gasteiger partial charge in [-0.25, -0.2) is 0 Å². The van der Waals surface area contributed by atoms with Crippen LogP contribution in [0.15, 0.2) is 30.3 Å². The van der Waals surface area contributed by atoms with Crippen LogP contribution in [-0.4, -0.2) is 20.1 Å². The third-order valence-electron chi connectivity index (χ3n) is 3.04. The summed E-state index contributed by atoms with van der Waals surface area (Å²) in [5, 5.41) is 6.84. The Kier molecular flexibility index (Phi) is 3.17. The molecule has 0 amide bonds. The highest BCUT2D eigenvalue weighted by molar-refractivity contribution is 5.20. The molecule has 2 N–H and O–H groups in total. The molecule has 2 rings (SSSR count). The van der Waals surface area contributed by atoms with E-state index in [0.717, 1.165) is 19.0 Å². The van der Waals surface area contributed by atoms with Crippen molar-refractivity contribution < 1.29 is 0 Å². The van der Waals surface area contributed by atoms with E-state index >= 15 is 0 Å². The van der Waals surface area contributed by atoms with Gasteiger partial charge in [0.15, 0.2) is 0 Å². The molecule has 2 heteroatoms. The molecular weight excluding hydrogens is 172 g/mol. The summed E-state index contributed by atoms with van der Waals surface area (Å²) < 4.78 is 0. The van der Waals surface area contributed by atoms with Crippen molar-refractivity contribution >= 4 is 0 Å². The van der Waals surface area contributed by atoms with Crippen molar-refractivity contribution in [2.75, 3.05) is 20.1 Å². The van der Waals surface area contributed by atoms with Crippen molar-refractivity contribution in [2.24, 2.45) is 5.92 Å². The largest absolute Gasteiger partial charge is 0.316 e. The molecule has 1 heterocycles. The van der Waals surface area contributed by atoms with Crippen LogP contribution < -0.4 is 10.6 Å². The number of hydrogen-bond acceptors (Lipinski definition) is 2. The highest BCUT2D eigenvalue weighted by atomic mass is 15.0. The molecule has 1 fully saturated rings. The zero-order chi connectivity index (χ0) is 9.80. The Morgan fingerprint density at radius 2 is 2.14 bits per heavy atom. The summed E-state index contributed by atoms with van der Waals surface area (Å²) in [4.78, 5) is 0. The third kappa shape index (κ3) is 1.97. The average Bonchev–Trinajstić information content (AvgIpc) is 2.74. The lowest BCUT2D eigenvalue weighted by atomic mass is 9.92. The third-order valence-corrected chi connectivity index (χ3v) is 3.04. The predicted octanol–water partition coefficient (Wildman–Crippen LogP) is 1.56. The Balaban J connectivity index is 2.12. The molecule has 76 valence electrons. The van der Waals surface area contributed by atoms with Gasteiger partial charge >= 0.3 is 0 Å². The first-order valence-electron chi connectivity index (χ1n) is 5.34. The van der Waals surface area contributed by atoms with Crippen LogP contribution in [0.5, 0.6) is 0 Å². The maximum Gasteiger partial charge on any atom is 0.0358 e. The van der Waals surface area contributed by atoms with Crippen LogP contribution in [0.4, 0.5) is 0 Å². The van der Waals surface area contributed by atoms with Gasteiger partial charge in [-0.15, -0.1) is 0 Å². The Morgan fingerprint density at radius 1 is 1.36 bits per heavy atom. The highest BCUT2D eigenvalue weighted by Gasteiger charge is 2.24. The predicted molar refractivity (Wildman–Crippen MR) is 59.2 cm³/mol. The number of hydrogen-bond donors (Lipinski definition) is 2. The first kappa shape index (κ1) is 9.69. The summed E-state index contributed by atoms with van der Waals surface area (Å²) in [5.74, 6) is 0.738. The molecule has 1 aromatic rings. The summed E-state index contributed by atoms with van der Waals surface area (Å²) in [5.41, 5.74) is 1.41. The molecule has 1 aliphatic rings. The smallest absolute Gasteiger partial charge is 0.0358 e. The molecular formula is C12H18N2. The van der Waals surface area contributed by atoms with E-state index in [-0.39, 0.29) is 0 Å². The molecule has 2 unspecified atom stereocenters. The van der Waals surface area contributed by atoms with Gasteiger partial charge in [-0.3, -0.25) is 0 Å². The van der Waals surface area contributed by atoms with E-state index in [2.05, 4.69) is 48.0 Å². The average molecular weight is 190 g/mol. The molecule has 1 saturated heterocycles. The zero-order valence-corrected chi connectivity index (χ0v) is 8.66. The second-order valence-corrected chi connectivity index (χ2v) is 3.93. The van der Waals surface area contributed by atoms with Gasteiger partial charge in [-0.05, 0) is 38.0 Å². The maximum absolute atomic E-state index is 3.42. The molecule has 1 aromatic carbocycles. The minimum atomic E-state index is 0.506. The lowest BCUT2D eigenvalue weighted by molar-refractivity contribution is 0.410. The highest BCUT2D eigenvalue weighted by Crippen LogP contribution is 2.25. The second kappa shape index (κ2) is 4.58. The van der Waals surface area contributed by atoms with Gasteiger partial charge in [0.05, 0.1) is 0 Å². The van der Waals surface area contributed by atoms with E-state index in [1.54, 1.807) is 0 Å². The molecule has 1 aliphatic heterocycles. The number of benzene rings is 1. The van der Waals surface area contributed by atoms with Crippen LogP contribution in [0.3, 0.4) is 0 Å². The van der Waals surface area contributed by atoms with Crippen molar-refractivity contribution in [3.8, 4) is 0 Å². The SMILES string of the molecule is CNC(c1ccccc1)C1CCNC1. The van der Waals surface area contributed by atoms with E-state index in [9.17, 15) is 0 Å². The Bertz CT molecular complexity index is 265. The van der Waals surface area contributed by atoms with Gasteiger partial charge in [0, 0.05) is 6.04 Å². The fraction of sp³-hybridized carbons (Fsp3) is 0.500. The van der Waals surface area contributed by atoms with Crippen LogP contribution in [0, 0.1) is 5.92 Å². The Labute approximate surface area is 85.7 Å². The van der Waals surface area contributed by atoms with E-state index in [1.807, 2.05) is 0 Å². The standard InChI is InChI=1S/C12H18N2/c1-13-12(11-7-8-14-9-11)10-5-3-2-4-6-10/h2-6,11-14H,7-9H2,1H3. The van der Waals surface area contributed by atoms with Gasteiger partial charge in [0.25, 0.3) is 0 Å². The van der Waals surface area contributed by atoms with Gasteiger partial charge < -0.3 is 10.6 Å². The summed E-state index contributed by atoms with van der Waals surface area (Å²) in [7, 11) is 2.05. The zero-order valence-electron chi connectivity index (χ0n) is 8.66. The van der Waals surface area contributed by atoms with Gasteiger partial charge in [0.1, 0.15) is 0 Å². The molecule has 0 saturated carbocycles. The Morgan fingerprint density at radius 3 is 2.71 bits per heavy atom. The molecule has 2 nitrogen and oxygen atoms in total. The maximum atomic E-state index is 3.42. The van der Waals surface area contributed by atoms with E-state index in [4.69, 9.17) is 0 Å². The van der Waals surface area contributed by atoms with Crippen molar-refractivity contribution in [3.63, 3.8) is 0 Å². The molecule has 0 aliphatic carbocycles. The van der Waals surface area contributed by atoms with Crippen molar-refractivity contribution in [3.05, 3.63) is 35.9 Å². The summed E-state index contributed by atoms with van der Waals surface area (Å²) in [6.07, 6.45) is 1.28. The van der Waals surface area contributed by atoms with Crippen molar-refractivity contribution in [1.29, 1.82) is 0 Å². The summed E-state index contributed by atoms with van der Waals surface area (Å²) in [6.45, 7) is 2.30. The molecule has 0 spiro atoms. The summed E-state index contributed by atoms with van der Waals surface area (Å²) >= 11 is 0. The van der Waals surface area contributed by atoms with Gasteiger partial charge in [0.2, 0.25) is 0 Å². The van der Waals surface area contributed by atoms with Crippen LogP contribution >= 0.6 is 0 Å². The number of rotatable bonds is 3. The Hall–Kier alpha value is -0.860. The molecule has 0 bridgehead atoms. The first-order chi connectivity index (χ1) is 6.92. The molecule has 0 aromatic heterocycles. The van der Waals surface area contributed by atoms with Crippen molar-refractivity contribution in [1.82, 2.24) is 10.6 Å². The minimum Gasteiger partial charge on any atom is -0.316 e. The second-order valence-electron chi connectivity index (χ2n) is 3.93. The van der Waals surface area contributed by atoms with Crippen LogP contribution in [0.2, 0.25) is 0 Å². The first-order valence-corrected chi connectivity index (χ1v) is 5.34. The van der Waals surface area contributed by atoms with Crippen LogP contribution in [-0.2, 0) is 0 Å². The fourth-order valence-electron chi connectivity index (χ4n) is 2.30. The number of nitrogens with one attached hydrogen (secondary N) is 2. The quantitative estimate of drug-likeness (QED) is 0.756. The normalized spacial score (nSPS) is 23.6. The van der Waals surface area contributed by atoms with Gasteiger partial charge in [-0.1, -0.05) is 30.3 Å². The molecule has 14 heavy (non-hydrogen) atoms. The van der Waals surface area contributed by atoms with E-state index in [1.165, 1.54) is 12.0 Å². The van der Waals surface area contributed by atoms with Crippen molar-refractivity contribution in [2.45, 2.75) is 12.5 Å². The summed E-state index contributed by atoms with van der Waals surface area (Å²) in [6, 6.07) is 11.2. The van der Waals surface area contributed by atoms with E-state index in [0.29, 0.717) is 6.04 Å². The van der Waals surface area contributed by atoms with Crippen LogP contribution in [0.25, 0.3) is 0 Å². The van der Waals surface area contributed by atoms with Crippen LogP contribution in [0.1, 0.15) is 18.0 Å². The topological polar surface area (TPSA) is 24.1 Å². The molecule has 0 radical (unpaired) electrons. The molecule has 2 atom stereocenters. The van der Waals surface area contributed by atoms with E-state index < -0.39 is 0 Å². The minimum absolute atomic E-state index is 0.506. The lowest BCUT2D eigenvalue weighted by Gasteiger charge is -2.22.